The fraction of sp³-hybridized carbons (Fsp3) is 0.140. The second-order valence-corrected chi connectivity index (χ2v) is 19.5. The van der Waals surface area contributed by atoms with Crippen LogP contribution in [0, 0.1) is 0 Å². The van der Waals surface area contributed by atoms with Crippen molar-refractivity contribution in [3.63, 3.8) is 0 Å². The molecular weight excluding hydrogens is 765 g/mol. The van der Waals surface area contributed by atoms with E-state index in [-0.39, 0.29) is 17.5 Å². The lowest BCUT2D eigenvalue weighted by Crippen LogP contribution is -2.61. The Morgan fingerprint density at radius 2 is 0.778 bits per heavy atom. The molecule has 2 aliphatic heterocycles. The van der Waals surface area contributed by atoms with Crippen molar-refractivity contribution < 1.29 is 0 Å². The maximum atomic E-state index is 4.75. The first-order valence-electron chi connectivity index (χ1n) is 22.0. The molecule has 12 rings (SSSR count). The summed E-state index contributed by atoms with van der Waals surface area (Å²) in [6, 6.07) is 59.7. The standard InChI is InChI=1S/C57H46BN5/c1-56(2,3)44-15-19-46(20-16-44)62-50-29-41-25-37-13-9-7-11-35(37)23-39(41)27-48(50)58-49-28-40-24-36-12-8-10-14-38(36)26-42(40)30-51(49)63(47-21-17-45(18-22-47)57(4,5)6)53-32-43(31-52(62)54(53)58)55-60-33-59-34-61-55/h7-34H,1-6H3. The van der Waals surface area contributed by atoms with E-state index >= 15 is 0 Å². The van der Waals surface area contributed by atoms with E-state index in [1.165, 1.54) is 82.0 Å². The van der Waals surface area contributed by atoms with Crippen LogP contribution in [0.25, 0.3) is 54.5 Å². The van der Waals surface area contributed by atoms with Gasteiger partial charge in [-0.05, 0) is 154 Å². The van der Waals surface area contributed by atoms with Crippen LogP contribution in [0.4, 0.5) is 34.1 Å². The van der Waals surface area contributed by atoms with Gasteiger partial charge in [0.1, 0.15) is 12.7 Å². The van der Waals surface area contributed by atoms with Crippen molar-refractivity contribution in [3.05, 3.63) is 182 Å². The highest BCUT2D eigenvalue weighted by atomic mass is 15.2. The predicted octanol–water partition coefficient (Wildman–Crippen LogP) is 12.8. The van der Waals surface area contributed by atoms with Gasteiger partial charge in [0.2, 0.25) is 0 Å². The first kappa shape index (κ1) is 37.5. The summed E-state index contributed by atoms with van der Waals surface area (Å²) in [5.74, 6) is 0.637. The summed E-state index contributed by atoms with van der Waals surface area (Å²) in [6.07, 6.45) is 3.19. The number of anilines is 6. The highest BCUT2D eigenvalue weighted by molar-refractivity contribution is 7.00. The van der Waals surface area contributed by atoms with E-state index in [9.17, 15) is 0 Å². The normalized spacial score (nSPS) is 13.5. The van der Waals surface area contributed by atoms with Gasteiger partial charge in [0.05, 0.1) is 0 Å². The highest BCUT2D eigenvalue weighted by Gasteiger charge is 2.44. The summed E-state index contributed by atoms with van der Waals surface area (Å²) in [5, 5.41) is 9.83. The maximum Gasteiger partial charge on any atom is 0.252 e. The molecular formula is C57H46BN5. The zero-order valence-corrected chi connectivity index (χ0v) is 36.5. The van der Waals surface area contributed by atoms with E-state index in [4.69, 9.17) is 9.97 Å². The van der Waals surface area contributed by atoms with Crippen LogP contribution in [0.1, 0.15) is 52.7 Å². The quantitative estimate of drug-likeness (QED) is 0.131. The fourth-order valence-electron chi connectivity index (χ4n) is 10.2. The number of hydrogen-bond acceptors (Lipinski definition) is 5. The van der Waals surface area contributed by atoms with Crippen LogP contribution in [0.3, 0.4) is 0 Å². The molecule has 0 atom stereocenters. The Labute approximate surface area is 368 Å². The van der Waals surface area contributed by atoms with E-state index in [0.717, 1.165) is 28.3 Å². The molecule has 302 valence electrons. The minimum absolute atomic E-state index is 0.0132. The molecule has 5 nitrogen and oxygen atoms in total. The third kappa shape index (κ3) is 6.03. The molecule has 6 heteroatoms. The molecule has 0 radical (unpaired) electrons. The zero-order chi connectivity index (χ0) is 42.8. The summed E-state index contributed by atoms with van der Waals surface area (Å²) in [5.41, 5.74) is 14.2. The smallest absolute Gasteiger partial charge is 0.252 e. The molecule has 0 fully saturated rings. The Morgan fingerprint density at radius 3 is 1.16 bits per heavy atom. The molecule has 9 aromatic carbocycles. The van der Waals surface area contributed by atoms with Gasteiger partial charge in [0.25, 0.3) is 6.71 Å². The summed E-state index contributed by atoms with van der Waals surface area (Å²) >= 11 is 0. The SMILES string of the molecule is CC(C)(C)c1ccc(N2c3cc4cc5ccccc5cc4cc3B3c4cc5cc6ccccc6cc5cc4N(c4ccc(C(C)(C)C)cc4)c4cc(-c5ncncn5)cc2c43)cc1. The molecule has 2 aliphatic rings. The van der Waals surface area contributed by atoms with Crippen LogP contribution >= 0.6 is 0 Å². The van der Waals surface area contributed by atoms with Crippen LogP contribution in [0.5, 0.6) is 0 Å². The monoisotopic (exact) mass is 811 g/mol. The van der Waals surface area contributed by atoms with Gasteiger partial charge in [-0.25, -0.2) is 15.0 Å². The zero-order valence-electron chi connectivity index (χ0n) is 36.5. The van der Waals surface area contributed by atoms with Crippen LogP contribution in [0.15, 0.2) is 170 Å². The molecule has 0 spiro atoms. The minimum Gasteiger partial charge on any atom is -0.311 e. The summed E-state index contributed by atoms with van der Waals surface area (Å²) in [4.78, 5) is 18.7. The second kappa shape index (κ2) is 13.6. The third-order valence-electron chi connectivity index (χ3n) is 13.4. The molecule has 0 saturated carbocycles. The van der Waals surface area contributed by atoms with Crippen molar-refractivity contribution in [1.82, 2.24) is 15.0 Å². The van der Waals surface area contributed by atoms with Gasteiger partial charge in [-0.15, -0.1) is 0 Å². The molecule has 0 bridgehead atoms. The number of rotatable bonds is 3. The predicted molar refractivity (Wildman–Crippen MR) is 267 cm³/mol. The molecule has 0 unspecified atom stereocenters. The molecule has 0 N–H and O–H groups in total. The van der Waals surface area contributed by atoms with E-state index in [2.05, 4.69) is 214 Å². The average Bonchev–Trinajstić information content (AvgIpc) is 3.28. The molecule has 0 amide bonds. The van der Waals surface area contributed by atoms with Crippen molar-refractivity contribution >= 4 is 100 Å². The Balaban J connectivity index is 1.22. The van der Waals surface area contributed by atoms with E-state index in [0.29, 0.717) is 5.82 Å². The number of nitrogens with zero attached hydrogens (tertiary/aromatic N) is 5. The minimum atomic E-state index is -0.0747. The first-order valence-corrected chi connectivity index (χ1v) is 22.0. The van der Waals surface area contributed by atoms with Gasteiger partial charge in [0.15, 0.2) is 5.82 Å². The fourth-order valence-corrected chi connectivity index (χ4v) is 10.2. The molecule has 3 heterocycles. The Kier molecular flexibility index (Phi) is 8.08. The Hall–Kier alpha value is -7.31. The van der Waals surface area contributed by atoms with Crippen molar-refractivity contribution in [1.29, 1.82) is 0 Å². The van der Waals surface area contributed by atoms with Crippen LogP contribution in [-0.4, -0.2) is 21.7 Å². The average molecular weight is 812 g/mol. The van der Waals surface area contributed by atoms with Crippen molar-refractivity contribution in [2.24, 2.45) is 0 Å². The number of fused-ring (bicyclic) bond motifs is 8. The van der Waals surface area contributed by atoms with Crippen LogP contribution in [0.2, 0.25) is 0 Å². The van der Waals surface area contributed by atoms with E-state index in [1.807, 2.05) is 0 Å². The maximum absolute atomic E-state index is 4.75. The lowest BCUT2D eigenvalue weighted by molar-refractivity contribution is 0.590. The first-order chi connectivity index (χ1) is 30.5. The largest absolute Gasteiger partial charge is 0.311 e. The van der Waals surface area contributed by atoms with Gasteiger partial charge < -0.3 is 9.80 Å². The molecule has 63 heavy (non-hydrogen) atoms. The molecule has 10 aromatic rings. The van der Waals surface area contributed by atoms with Gasteiger partial charge in [-0.3, -0.25) is 0 Å². The number of hydrogen-bond donors (Lipinski definition) is 0. The summed E-state index contributed by atoms with van der Waals surface area (Å²) < 4.78 is 0. The summed E-state index contributed by atoms with van der Waals surface area (Å²) in [7, 11) is 0. The molecule has 0 saturated heterocycles. The molecule has 0 aliphatic carbocycles. The van der Waals surface area contributed by atoms with Gasteiger partial charge in [0, 0.05) is 39.7 Å². The van der Waals surface area contributed by atoms with Crippen molar-refractivity contribution in [2.45, 2.75) is 52.4 Å². The van der Waals surface area contributed by atoms with Gasteiger partial charge in [-0.2, -0.15) is 0 Å². The van der Waals surface area contributed by atoms with E-state index in [1.54, 1.807) is 12.7 Å². The number of benzene rings is 9. The Morgan fingerprint density at radius 1 is 0.397 bits per heavy atom. The third-order valence-corrected chi connectivity index (χ3v) is 13.4. The number of aromatic nitrogens is 3. The summed E-state index contributed by atoms with van der Waals surface area (Å²) in [6.45, 7) is 13.6. The lowest BCUT2D eigenvalue weighted by Gasteiger charge is -2.44. The highest BCUT2D eigenvalue weighted by Crippen LogP contribution is 2.47. The lowest BCUT2D eigenvalue weighted by atomic mass is 9.33. The van der Waals surface area contributed by atoms with Crippen molar-refractivity contribution in [3.8, 4) is 11.4 Å². The van der Waals surface area contributed by atoms with E-state index < -0.39 is 0 Å². The topological polar surface area (TPSA) is 45.2 Å². The second-order valence-electron chi connectivity index (χ2n) is 19.5. The van der Waals surface area contributed by atoms with Gasteiger partial charge >= 0.3 is 0 Å². The Bertz CT molecular complexity index is 3270. The van der Waals surface area contributed by atoms with Crippen molar-refractivity contribution in [2.75, 3.05) is 9.80 Å². The van der Waals surface area contributed by atoms with Gasteiger partial charge in [-0.1, -0.05) is 126 Å². The molecule has 1 aromatic heterocycles. The van der Waals surface area contributed by atoms with Crippen LogP contribution < -0.4 is 26.2 Å². The van der Waals surface area contributed by atoms with Crippen LogP contribution in [-0.2, 0) is 10.8 Å².